The van der Waals surface area contributed by atoms with Gasteiger partial charge in [-0.05, 0) is 43.4 Å². The van der Waals surface area contributed by atoms with E-state index in [9.17, 15) is 5.11 Å². The van der Waals surface area contributed by atoms with Gasteiger partial charge < -0.3 is 15.6 Å². The average molecular weight is 237 g/mol. The molecule has 17 heavy (non-hydrogen) atoms. The number of aryl methyl sites for hydroxylation is 1. The summed E-state index contributed by atoms with van der Waals surface area (Å²) in [7, 11) is 1.69. The van der Waals surface area contributed by atoms with Crippen LogP contribution in [0.3, 0.4) is 0 Å². The van der Waals surface area contributed by atoms with Crippen LogP contribution in [-0.2, 0) is 0 Å². The maximum Gasteiger partial charge on any atom is 0.122 e. The van der Waals surface area contributed by atoms with Crippen molar-refractivity contribution in [3.8, 4) is 5.75 Å². The number of ether oxygens (including phenoxy) is 1. The van der Waals surface area contributed by atoms with Crippen LogP contribution in [0.1, 0.15) is 30.4 Å². The van der Waals surface area contributed by atoms with Gasteiger partial charge in [-0.1, -0.05) is 24.6 Å². The summed E-state index contributed by atoms with van der Waals surface area (Å²) < 4.78 is 5.38. The number of hydrogen-bond acceptors (Lipinski definition) is 3. The molecule has 0 aliphatic rings. The van der Waals surface area contributed by atoms with Gasteiger partial charge in [0.25, 0.3) is 0 Å². The Morgan fingerprint density at radius 1 is 1.41 bits per heavy atom. The molecule has 0 aliphatic carbocycles. The molecule has 0 fully saturated rings. The molecule has 0 amide bonds. The van der Waals surface area contributed by atoms with E-state index in [0.717, 1.165) is 12.2 Å². The molecule has 3 heteroatoms. The lowest BCUT2D eigenvalue weighted by atomic mass is 9.89. The van der Waals surface area contributed by atoms with Crippen molar-refractivity contribution in [3.63, 3.8) is 0 Å². The van der Waals surface area contributed by atoms with Gasteiger partial charge in [-0.3, -0.25) is 0 Å². The standard InChI is InChI=1S/C14H23NO2/c1-10-4-5-14(17-3)13(6-10)11(2)7-12(8-15)9-16/h4-6,11-12,16H,7-9,15H2,1-3H3. The van der Waals surface area contributed by atoms with E-state index in [-0.39, 0.29) is 12.5 Å². The van der Waals surface area contributed by atoms with Crippen LogP contribution >= 0.6 is 0 Å². The van der Waals surface area contributed by atoms with Gasteiger partial charge in [0, 0.05) is 6.61 Å². The minimum absolute atomic E-state index is 0.148. The second kappa shape index (κ2) is 6.62. The van der Waals surface area contributed by atoms with E-state index in [4.69, 9.17) is 10.5 Å². The summed E-state index contributed by atoms with van der Waals surface area (Å²) in [4.78, 5) is 0. The Hall–Kier alpha value is -1.06. The molecule has 2 atom stereocenters. The highest BCUT2D eigenvalue weighted by Crippen LogP contribution is 2.31. The van der Waals surface area contributed by atoms with Gasteiger partial charge in [-0.2, -0.15) is 0 Å². The SMILES string of the molecule is COc1ccc(C)cc1C(C)CC(CN)CO. The lowest BCUT2D eigenvalue weighted by molar-refractivity contribution is 0.216. The molecule has 1 aromatic rings. The van der Waals surface area contributed by atoms with E-state index in [2.05, 4.69) is 19.9 Å². The van der Waals surface area contributed by atoms with Crippen LogP contribution < -0.4 is 10.5 Å². The maximum absolute atomic E-state index is 9.19. The minimum Gasteiger partial charge on any atom is -0.496 e. The van der Waals surface area contributed by atoms with Crippen LogP contribution in [0.4, 0.5) is 0 Å². The van der Waals surface area contributed by atoms with Gasteiger partial charge in [-0.25, -0.2) is 0 Å². The highest BCUT2D eigenvalue weighted by atomic mass is 16.5. The molecule has 1 rings (SSSR count). The summed E-state index contributed by atoms with van der Waals surface area (Å²) in [5, 5.41) is 9.19. The number of hydrogen-bond donors (Lipinski definition) is 2. The van der Waals surface area contributed by atoms with Crippen LogP contribution in [0.2, 0.25) is 0 Å². The maximum atomic E-state index is 9.19. The Morgan fingerprint density at radius 3 is 2.65 bits per heavy atom. The zero-order chi connectivity index (χ0) is 12.8. The fraction of sp³-hybridized carbons (Fsp3) is 0.571. The molecule has 1 aromatic carbocycles. The van der Waals surface area contributed by atoms with Crippen molar-refractivity contribution in [1.29, 1.82) is 0 Å². The predicted molar refractivity (Wildman–Crippen MR) is 70.4 cm³/mol. The van der Waals surface area contributed by atoms with Crippen LogP contribution in [0.5, 0.6) is 5.75 Å². The van der Waals surface area contributed by atoms with Gasteiger partial charge in [0.1, 0.15) is 5.75 Å². The summed E-state index contributed by atoms with van der Waals surface area (Å²) in [5.74, 6) is 1.41. The largest absolute Gasteiger partial charge is 0.496 e. The van der Waals surface area contributed by atoms with Crippen LogP contribution in [0.25, 0.3) is 0 Å². The fourth-order valence-electron chi connectivity index (χ4n) is 2.11. The molecule has 96 valence electrons. The lowest BCUT2D eigenvalue weighted by Crippen LogP contribution is -2.20. The molecule has 3 N–H and O–H groups in total. The molecule has 0 spiro atoms. The van der Waals surface area contributed by atoms with Gasteiger partial charge in [-0.15, -0.1) is 0 Å². The van der Waals surface area contributed by atoms with Crippen LogP contribution in [0.15, 0.2) is 18.2 Å². The number of nitrogens with two attached hydrogens (primary N) is 1. The van der Waals surface area contributed by atoms with Gasteiger partial charge in [0.2, 0.25) is 0 Å². The number of aliphatic hydroxyl groups excluding tert-OH is 1. The Morgan fingerprint density at radius 2 is 2.12 bits per heavy atom. The second-order valence-electron chi connectivity index (χ2n) is 4.67. The Bertz CT molecular complexity index is 348. The van der Waals surface area contributed by atoms with Crippen molar-refractivity contribution in [3.05, 3.63) is 29.3 Å². The molecule has 0 aliphatic heterocycles. The molecule has 0 saturated carbocycles. The summed E-state index contributed by atoms with van der Waals surface area (Å²) in [6, 6.07) is 6.19. The molecular formula is C14H23NO2. The summed E-state index contributed by atoms with van der Waals surface area (Å²) in [5.41, 5.74) is 8.04. The van der Waals surface area contributed by atoms with Crippen molar-refractivity contribution in [1.82, 2.24) is 0 Å². The van der Waals surface area contributed by atoms with E-state index in [1.165, 1.54) is 11.1 Å². The van der Waals surface area contributed by atoms with Gasteiger partial charge >= 0.3 is 0 Å². The van der Waals surface area contributed by atoms with Crippen LogP contribution in [-0.4, -0.2) is 25.4 Å². The molecule has 0 radical (unpaired) electrons. The Balaban J connectivity index is 2.86. The van der Waals surface area contributed by atoms with Crippen molar-refractivity contribution in [2.24, 2.45) is 11.7 Å². The highest BCUT2D eigenvalue weighted by molar-refractivity contribution is 5.39. The number of rotatable bonds is 6. The Labute approximate surface area is 104 Å². The van der Waals surface area contributed by atoms with Crippen LogP contribution in [0, 0.1) is 12.8 Å². The van der Waals surface area contributed by atoms with Gasteiger partial charge in [0.05, 0.1) is 7.11 Å². The summed E-state index contributed by atoms with van der Waals surface area (Å²) >= 11 is 0. The molecule has 0 bridgehead atoms. The third-order valence-electron chi connectivity index (χ3n) is 3.19. The summed E-state index contributed by atoms with van der Waals surface area (Å²) in [6.07, 6.45) is 0.882. The molecule has 0 saturated heterocycles. The average Bonchev–Trinajstić information content (AvgIpc) is 2.35. The van der Waals surface area contributed by atoms with E-state index in [1.807, 2.05) is 12.1 Å². The van der Waals surface area contributed by atoms with Crippen molar-refractivity contribution in [2.45, 2.75) is 26.2 Å². The van der Waals surface area contributed by atoms with Crippen molar-refractivity contribution in [2.75, 3.05) is 20.3 Å². The fourth-order valence-corrected chi connectivity index (χ4v) is 2.11. The smallest absolute Gasteiger partial charge is 0.122 e. The van der Waals surface area contributed by atoms with E-state index in [0.29, 0.717) is 12.5 Å². The molecule has 3 nitrogen and oxygen atoms in total. The minimum atomic E-state index is 0.148. The van der Waals surface area contributed by atoms with E-state index >= 15 is 0 Å². The number of benzene rings is 1. The molecule has 0 aromatic heterocycles. The molecule has 0 heterocycles. The van der Waals surface area contributed by atoms with Crippen molar-refractivity contribution < 1.29 is 9.84 Å². The first kappa shape index (κ1) is 14.0. The van der Waals surface area contributed by atoms with Crippen molar-refractivity contribution >= 4 is 0 Å². The van der Waals surface area contributed by atoms with E-state index in [1.54, 1.807) is 7.11 Å². The highest BCUT2D eigenvalue weighted by Gasteiger charge is 2.16. The monoisotopic (exact) mass is 237 g/mol. The van der Waals surface area contributed by atoms with E-state index < -0.39 is 0 Å². The third kappa shape index (κ3) is 3.72. The zero-order valence-electron chi connectivity index (χ0n) is 10.9. The number of aliphatic hydroxyl groups is 1. The second-order valence-corrected chi connectivity index (χ2v) is 4.67. The van der Waals surface area contributed by atoms with Gasteiger partial charge in [0.15, 0.2) is 0 Å². The quantitative estimate of drug-likeness (QED) is 0.796. The Kier molecular flexibility index (Phi) is 5.45. The first-order chi connectivity index (χ1) is 8.12. The summed E-state index contributed by atoms with van der Waals surface area (Å²) in [6.45, 7) is 4.89. The third-order valence-corrected chi connectivity index (χ3v) is 3.19. The molecular weight excluding hydrogens is 214 g/mol. The topological polar surface area (TPSA) is 55.5 Å². The predicted octanol–water partition coefficient (Wildman–Crippen LogP) is 2.06. The lowest BCUT2D eigenvalue weighted by Gasteiger charge is -2.20. The molecule has 2 unspecified atom stereocenters. The number of methoxy groups -OCH3 is 1. The normalized spacial score (nSPS) is 14.4. The first-order valence-electron chi connectivity index (χ1n) is 6.07. The zero-order valence-corrected chi connectivity index (χ0v) is 10.9. The first-order valence-corrected chi connectivity index (χ1v) is 6.07.